The maximum atomic E-state index is 10.8. The highest BCUT2D eigenvalue weighted by Gasteiger charge is 2.38. The zero-order chi connectivity index (χ0) is 12.5. The van der Waals surface area contributed by atoms with Gasteiger partial charge >= 0.3 is 0 Å². The van der Waals surface area contributed by atoms with Gasteiger partial charge in [-0.2, -0.15) is 5.10 Å². The molecule has 0 atom stereocenters. The second kappa shape index (κ2) is 5.08. The average molecular weight is 302 g/mol. The molecule has 4 nitrogen and oxygen atoms in total. The summed E-state index contributed by atoms with van der Waals surface area (Å²) in [5.74, 6) is 0. The first kappa shape index (κ1) is 13.1. The van der Waals surface area contributed by atoms with Crippen molar-refractivity contribution >= 4 is 15.9 Å². The van der Waals surface area contributed by atoms with Crippen molar-refractivity contribution in [1.29, 1.82) is 0 Å². The van der Waals surface area contributed by atoms with Crippen LogP contribution >= 0.6 is 15.9 Å². The van der Waals surface area contributed by atoms with Crippen molar-refractivity contribution in [3.63, 3.8) is 0 Å². The Labute approximate surface area is 110 Å². The first-order chi connectivity index (χ1) is 8.07. The molecular weight excluding hydrogens is 282 g/mol. The summed E-state index contributed by atoms with van der Waals surface area (Å²) in [7, 11) is 0. The fraction of sp³-hybridized carbons (Fsp3) is 0.750. The quantitative estimate of drug-likeness (QED) is 0.899. The summed E-state index contributed by atoms with van der Waals surface area (Å²) in [6.07, 6.45) is 5.99. The number of hydrogen-bond acceptors (Lipinski definition) is 3. The third kappa shape index (κ3) is 2.56. The van der Waals surface area contributed by atoms with E-state index in [1.54, 1.807) is 6.20 Å². The van der Waals surface area contributed by atoms with Gasteiger partial charge in [0, 0.05) is 12.6 Å². The molecule has 2 rings (SSSR count). The van der Waals surface area contributed by atoms with Crippen molar-refractivity contribution in [1.82, 2.24) is 9.78 Å². The van der Waals surface area contributed by atoms with Crippen LogP contribution < -0.4 is 5.73 Å². The Balaban J connectivity index is 2.28. The molecular formula is C12H20BrN3O. The zero-order valence-corrected chi connectivity index (χ0v) is 11.8. The normalized spacial score (nSPS) is 29.5. The predicted octanol–water partition coefficient (Wildman–Crippen LogP) is 2.14. The molecule has 1 aromatic rings. The Bertz CT molecular complexity index is 383. The van der Waals surface area contributed by atoms with Gasteiger partial charge in [0.15, 0.2) is 0 Å². The predicted molar refractivity (Wildman–Crippen MR) is 70.6 cm³/mol. The summed E-state index contributed by atoms with van der Waals surface area (Å²) in [6.45, 7) is 2.95. The van der Waals surface area contributed by atoms with E-state index in [1.807, 2.05) is 4.68 Å². The maximum absolute atomic E-state index is 10.8. The van der Waals surface area contributed by atoms with Gasteiger partial charge in [-0.3, -0.25) is 4.68 Å². The Kier molecular flexibility index (Phi) is 3.90. The average Bonchev–Trinajstić information content (AvgIpc) is 2.66. The molecule has 1 aliphatic rings. The molecule has 5 heteroatoms. The lowest BCUT2D eigenvalue weighted by Crippen LogP contribution is -2.38. The van der Waals surface area contributed by atoms with Gasteiger partial charge in [0.1, 0.15) is 5.60 Å². The topological polar surface area (TPSA) is 64.1 Å². The summed E-state index contributed by atoms with van der Waals surface area (Å²) in [4.78, 5) is 0. The van der Waals surface area contributed by atoms with E-state index in [1.165, 1.54) is 0 Å². The molecule has 0 unspecified atom stereocenters. The first-order valence-corrected chi connectivity index (χ1v) is 7.06. The van der Waals surface area contributed by atoms with Crippen LogP contribution in [0.15, 0.2) is 10.7 Å². The molecule has 3 N–H and O–H groups in total. The molecule has 1 heterocycles. The van der Waals surface area contributed by atoms with E-state index in [0.717, 1.165) is 48.8 Å². The molecule has 0 aliphatic heterocycles. The fourth-order valence-electron chi connectivity index (χ4n) is 2.56. The highest BCUT2D eigenvalue weighted by atomic mass is 79.9. The lowest BCUT2D eigenvalue weighted by atomic mass is 9.80. The van der Waals surface area contributed by atoms with Crippen LogP contribution in [0.4, 0.5) is 0 Å². The Hall–Kier alpha value is -0.390. The number of aliphatic hydroxyl groups is 1. The Morgan fingerprint density at radius 1 is 1.59 bits per heavy atom. The van der Waals surface area contributed by atoms with Gasteiger partial charge in [-0.05, 0) is 48.0 Å². The first-order valence-electron chi connectivity index (χ1n) is 6.26. The number of aryl methyl sites for hydroxylation is 1. The molecule has 0 saturated heterocycles. The molecule has 1 aliphatic carbocycles. The molecule has 0 aromatic carbocycles. The number of aromatic nitrogens is 2. The number of hydrogen-bond donors (Lipinski definition) is 2. The second-order valence-corrected chi connectivity index (χ2v) is 5.79. The van der Waals surface area contributed by atoms with Gasteiger partial charge in [-0.15, -0.1) is 0 Å². The summed E-state index contributed by atoms with van der Waals surface area (Å²) >= 11 is 3.50. The summed E-state index contributed by atoms with van der Waals surface area (Å²) in [6, 6.07) is 0.233. The molecule has 17 heavy (non-hydrogen) atoms. The minimum absolute atomic E-state index is 0.233. The lowest BCUT2D eigenvalue weighted by molar-refractivity contribution is -0.0136. The van der Waals surface area contributed by atoms with Crippen LogP contribution in [0.3, 0.4) is 0 Å². The third-order valence-electron chi connectivity index (χ3n) is 3.53. The van der Waals surface area contributed by atoms with Crippen LogP contribution in [-0.2, 0) is 12.1 Å². The van der Waals surface area contributed by atoms with Crippen LogP contribution in [0.1, 0.15) is 44.7 Å². The molecule has 1 aromatic heterocycles. The maximum Gasteiger partial charge on any atom is 0.107 e. The van der Waals surface area contributed by atoms with E-state index in [-0.39, 0.29) is 6.04 Å². The van der Waals surface area contributed by atoms with Crippen molar-refractivity contribution in [3.05, 3.63) is 16.4 Å². The van der Waals surface area contributed by atoms with Crippen LogP contribution in [-0.4, -0.2) is 20.9 Å². The molecule has 96 valence electrons. The summed E-state index contributed by atoms with van der Waals surface area (Å²) < 4.78 is 2.82. The lowest BCUT2D eigenvalue weighted by Gasteiger charge is -2.35. The summed E-state index contributed by atoms with van der Waals surface area (Å²) in [5.41, 5.74) is 6.06. The SMILES string of the molecule is CCCn1ncc(Br)c1C1(O)CCC(N)CC1. The zero-order valence-electron chi connectivity index (χ0n) is 10.2. The van der Waals surface area contributed by atoms with Crippen LogP contribution in [0.2, 0.25) is 0 Å². The van der Waals surface area contributed by atoms with Crippen LogP contribution in [0.5, 0.6) is 0 Å². The minimum atomic E-state index is -0.764. The third-order valence-corrected chi connectivity index (χ3v) is 4.11. The van der Waals surface area contributed by atoms with Crippen molar-refractivity contribution in [2.24, 2.45) is 5.73 Å². The molecule has 0 bridgehead atoms. The van der Waals surface area contributed by atoms with E-state index in [4.69, 9.17) is 5.73 Å². The fourth-order valence-corrected chi connectivity index (χ4v) is 3.23. The number of rotatable bonds is 3. The highest BCUT2D eigenvalue weighted by Crippen LogP contribution is 2.39. The van der Waals surface area contributed by atoms with E-state index in [2.05, 4.69) is 28.0 Å². The van der Waals surface area contributed by atoms with Gasteiger partial charge in [0.25, 0.3) is 0 Å². The van der Waals surface area contributed by atoms with Crippen LogP contribution in [0, 0.1) is 0 Å². The van der Waals surface area contributed by atoms with Gasteiger partial charge in [-0.25, -0.2) is 0 Å². The van der Waals surface area contributed by atoms with Crippen molar-refractivity contribution in [3.8, 4) is 0 Å². The van der Waals surface area contributed by atoms with E-state index >= 15 is 0 Å². The minimum Gasteiger partial charge on any atom is -0.384 e. The number of nitrogens with zero attached hydrogens (tertiary/aromatic N) is 2. The molecule has 1 saturated carbocycles. The van der Waals surface area contributed by atoms with Gasteiger partial charge in [0.2, 0.25) is 0 Å². The van der Waals surface area contributed by atoms with Crippen LogP contribution in [0.25, 0.3) is 0 Å². The second-order valence-electron chi connectivity index (χ2n) is 4.93. The van der Waals surface area contributed by atoms with E-state index < -0.39 is 5.60 Å². The van der Waals surface area contributed by atoms with Crippen molar-refractivity contribution in [2.45, 2.75) is 57.2 Å². The van der Waals surface area contributed by atoms with Gasteiger partial charge in [-0.1, -0.05) is 6.92 Å². The highest BCUT2D eigenvalue weighted by molar-refractivity contribution is 9.10. The summed E-state index contributed by atoms with van der Waals surface area (Å²) in [5, 5.41) is 15.1. The monoisotopic (exact) mass is 301 g/mol. The Morgan fingerprint density at radius 2 is 2.24 bits per heavy atom. The number of halogens is 1. The smallest absolute Gasteiger partial charge is 0.107 e. The molecule has 1 fully saturated rings. The van der Waals surface area contributed by atoms with E-state index in [0.29, 0.717) is 0 Å². The molecule has 0 radical (unpaired) electrons. The largest absolute Gasteiger partial charge is 0.384 e. The van der Waals surface area contributed by atoms with Crippen molar-refractivity contribution in [2.75, 3.05) is 0 Å². The van der Waals surface area contributed by atoms with E-state index in [9.17, 15) is 5.11 Å². The molecule has 0 amide bonds. The molecule has 0 spiro atoms. The van der Waals surface area contributed by atoms with Crippen molar-refractivity contribution < 1.29 is 5.11 Å². The standard InChI is InChI=1S/C12H20BrN3O/c1-2-7-16-11(10(13)8-15-16)12(17)5-3-9(14)4-6-12/h8-9,17H,2-7,14H2,1H3. The van der Waals surface area contributed by atoms with Gasteiger partial charge < -0.3 is 10.8 Å². The Morgan fingerprint density at radius 3 is 2.82 bits per heavy atom. The number of nitrogens with two attached hydrogens (primary N) is 1. The van der Waals surface area contributed by atoms with Gasteiger partial charge in [0.05, 0.1) is 16.4 Å².